The van der Waals surface area contributed by atoms with Crippen molar-refractivity contribution in [2.24, 2.45) is 4.99 Å². The molecule has 1 aliphatic rings. The summed E-state index contributed by atoms with van der Waals surface area (Å²) in [6.07, 6.45) is 1.73. The van der Waals surface area contributed by atoms with Crippen molar-refractivity contribution in [3.05, 3.63) is 58.1 Å². The second-order valence-electron chi connectivity index (χ2n) is 8.10. The first-order valence-corrected chi connectivity index (χ1v) is 10.6. The molecule has 0 atom stereocenters. The van der Waals surface area contributed by atoms with E-state index in [-0.39, 0.29) is 23.6 Å². The van der Waals surface area contributed by atoms with Crippen LogP contribution in [0.2, 0.25) is 5.02 Å². The minimum Gasteiger partial charge on any atom is -0.368 e. The van der Waals surface area contributed by atoms with E-state index in [2.05, 4.69) is 42.7 Å². The molecule has 0 saturated carbocycles. The van der Waals surface area contributed by atoms with Crippen LogP contribution in [0.4, 0.5) is 21.8 Å². The van der Waals surface area contributed by atoms with Crippen molar-refractivity contribution in [1.82, 2.24) is 15.0 Å². The number of pyridine rings is 1. The van der Waals surface area contributed by atoms with Gasteiger partial charge in [-0.25, -0.2) is 19.3 Å². The molecule has 2 aromatic heterocycles. The number of aromatic nitrogens is 3. The number of rotatable bonds is 4. The third kappa shape index (κ3) is 3.85. The Hall–Kier alpha value is -3.06. The maximum atomic E-state index is 14.5. The molecular weight excluding hydrogens is 415 g/mol. The molecule has 3 heterocycles. The van der Waals surface area contributed by atoms with E-state index in [1.165, 1.54) is 6.07 Å². The molecule has 0 saturated heterocycles. The minimum atomic E-state index is -0.380. The van der Waals surface area contributed by atoms with Gasteiger partial charge in [-0.1, -0.05) is 51.4 Å². The van der Waals surface area contributed by atoms with Crippen LogP contribution in [0.15, 0.2) is 35.3 Å². The molecule has 8 heteroatoms. The van der Waals surface area contributed by atoms with Crippen LogP contribution in [0.25, 0.3) is 11.3 Å². The van der Waals surface area contributed by atoms with Gasteiger partial charge in [-0.05, 0) is 30.0 Å². The SMILES string of the molecule is CC(C)c1nc(N)nc(C(C)C)c1N1CN=Cc2cc(Cl)c(-c3ccccc3F)nc21. The molecule has 1 aromatic carbocycles. The average molecular weight is 439 g/mol. The Morgan fingerprint density at radius 3 is 2.29 bits per heavy atom. The second-order valence-corrected chi connectivity index (χ2v) is 8.51. The third-order valence-electron chi connectivity index (χ3n) is 5.14. The summed E-state index contributed by atoms with van der Waals surface area (Å²) in [5.74, 6) is 0.702. The van der Waals surface area contributed by atoms with Gasteiger partial charge in [0.2, 0.25) is 5.95 Å². The fraction of sp³-hybridized carbons (Fsp3) is 0.304. The van der Waals surface area contributed by atoms with Crippen LogP contribution in [-0.4, -0.2) is 27.8 Å². The van der Waals surface area contributed by atoms with Crippen LogP contribution < -0.4 is 10.6 Å². The van der Waals surface area contributed by atoms with E-state index in [0.29, 0.717) is 28.8 Å². The molecule has 0 radical (unpaired) electrons. The van der Waals surface area contributed by atoms with E-state index >= 15 is 0 Å². The molecular formula is C23H24ClFN6. The van der Waals surface area contributed by atoms with Crippen molar-refractivity contribution < 1.29 is 4.39 Å². The minimum absolute atomic E-state index is 0.102. The predicted molar refractivity (Wildman–Crippen MR) is 124 cm³/mol. The highest BCUT2D eigenvalue weighted by molar-refractivity contribution is 6.33. The number of benzene rings is 1. The van der Waals surface area contributed by atoms with Crippen LogP contribution in [-0.2, 0) is 0 Å². The highest BCUT2D eigenvalue weighted by Gasteiger charge is 2.28. The summed E-state index contributed by atoms with van der Waals surface area (Å²) in [7, 11) is 0. The van der Waals surface area contributed by atoms with Crippen LogP contribution in [0.1, 0.15) is 56.5 Å². The Balaban J connectivity index is 1.97. The van der Waals surface area contributed by atoms with Gasteiger partial charge < -0.3 is 10.6 Å². The first-order chi connectivity index (χ1) is 14.8. The zero-order valence-corrected chi connectivity index (χ0v) is 18.7. The highest BCUT2D eigenvalue weighted by Crippen LogP contribution is 2.41. The summed E-state index contributed by atoms with van der Waals surface area (Å²) in [5, 5.41) is 0.360. The first kappa shape index (κ1) is 21.2. The molecule has 0 fully saturated rings. The molecule has 2 N–H and O–H groups in total. The van der Waals surface area contributed by atoms with Crippen LogP contribution in [0, 0.1) is 5.82 Å². The second kappa shape index (κ2) is 8.23. The van der Waals surface area contributed by atoms with Crippen molar-refractivity contribution in [3.63, 3.8) is 0 Å². The van der Waals surface area contributed by atoms with Crippen molar-refractivity contribution in [2.75, 3.05) is 17.3 Å². The third-order valence-corrected chi connectivity index (χ3v) is 5.43. The lowest BCUT2D eigenvalue weighted by Crippen LogP contribution is -2.27. The summed E-state index contributed by atoms with van der Waals surface area (Å²) >= 11 is 6.50. The monoisotopic (exact) mass is 438 g/mol. The van der Waals surface area contributed by atoms with E-state index in [4.69, 9.17) is 22.3 Å². The topological polar surface area (TPSA) is 80.3 Å². The number of anilines is 3. The van der Waals surface area contributed by atoms with Crippen molar-refractivity contribution in [1.29, 1.82) is 0 Å². The maximum absolute atomic E-state index is 14.5. The van der Waals surface area contributed by atoms with Gasteiger partial charge in [0.1, 0.15) is 18.3 Å². The summed E-state index contributed by atoms with van der Waals surface area (Å²) in [6, 6.07) is 8.23. The Morgan fingerprint density at radius 2 is 1.68 bits per heavy atom. The standard InChI is InChI=1S/C23H24ClFN6/c1-12(2)18-21(19(13(3)4)30-23(26)29-18)31-11-27-10-14-9-16(24)20(28-22(14)31)15-7-5-6-8-17(15)25/h5-10,12-13H,11H2,1-4H3,(H2,26,29,30). The zero-order chi connectivity index (χ0) is 22.3. The Kier molecular flexibility index (Phi) is 5.62. The molecule has 0 aliphatic carbocycles. The first-order valence-electron chi connectivity index (χ1n) is 10.2. The number of nitrogen functional groups attached to an aromatic ring is 1. The van der Waals surface area contributed by atoms with Crippen LogP contribution in [0.3, 0.4) is 0 Å². The molecule has 0 spiro atoms. The Bertz CT molecular complexity index is 1150. The Morgan fingerprint density at radius 1 is 1.03 bits per heavy atom. The lowest BCUT2D eigenvalue weighted by molar-refractivity contribution is 0.630. The molecule has 6 nitrogen and oxygen atoms in total. The van der Waals surface area contributed by atoms with Crippen molar-refractivity contribution >= 4 is 35.3 Å². The van der Waals surface area contributed by atoms with Crippen molar-refractivity contribution in [2.45, 2.75) is 39.5 Å². The number of nitrogens with two attached hydrogens (primary N) is 1. The predicted octanol–water partition coefficient (Wildman–Crippen LogP) is 5.69. The summed E-state index contributed by atoms with van der Waals surface area (Å²) in [6.45, 7) is 8.57. The van der Waals surface area contributed by atoms with Gasteiger partial charge in [-0.15, -0.1) is 0 Å². The van der Waals surface area contributed by atoms with Crippen LogP contribution >= 0.6 is 11.6 Å². The maximum Gasteiger partial charge on any atom is 0.220 e. The normalized spacial score (nSPS) is 13.2. The van der Waals surface area contributed by atoms with Crippen LogP contribution in [0.5, 0.6) is 0 Å². The number of fused-ring (bicyclic) bond motifs is 1. The van der Waals surface area contributed by atoms with Gasteiger partial charge in [-0.2, -0.15) is 0 Å². The Labute approximate surface area is 186 Å². The zero-order valence-electron chi connectivity index (χ0n) is 17.9. The fourth-order valence-electron chi connectivity index (χ4n) is 3.70. The molecule has 0 amide bonds. The van der Waals surface area contributed by atoms with E-state index in [1.807, 2.05) is 4.90 Å². The average Bonchev–Trinajstić information content (AvgIpc) is 2.72. The van der Waals surface area contributed by atoms with Gasteiger partial charge in [0.15, 0.2) is 0 Å². The largest absolute Gasteiger partial charge is 0.368 e. The molecule has 1 aliphatic heterocycles. The van der Waals surface area contributed by atoms with Crippen molar-refractivity contribution in [3.8, 4) is 11.3 Å². The molecule has 4 rings (SSSR count). The molecule has 3 aromatic rings. The molecule has 0 bridgehead atoms. The van der Waals surface area contributed by atoms with E-state index in [0.717, 1.165) is 22.6 Å². The van der Waals surface area contributed by atoms with Gasteiger partial charge in [0.25, 0.3) is 0 Å². The van der Waals surface area contributed by atoms with Gasteiger partial charge >= 0.3 is 0 Å². The lowest BCUT2D eigenvalue weighted by Gasteiger charge is -2.31. The molecule has 0 unspecified atom stereocenters. The summed E-state index contributed by atoms with van der Waals surface area (Å²) in [4.78, 5) is 20.3. The quantitative estimate of drug-likeness (QED) is 0.566. The molecule has 160 valence electrons. The lowest BCUT2D eigenvalue weighted by atomic mass is 10.00. The number of halogens is 2. The number of nitrogens with zero attached hydrogens (tertiary/aromatic N) is 5. The summed E-state index contributed by atoms with van der Waals surface area (Å²) in [5.41, 5.74) is 9.98. The van der Waals surface area contributed by atoms with E-state index in [1.54, 1.807) is 30.5 Å². The number of hydrogen-bond acceptors (Lipinski definition) is 6. The van der Waals surface area contributed by atoms with Gasteiger partial charge in [0.05, 0.1) is 27.8 Å². The number of aliphatic imine (C=N–C) groups is 1. The number of hydrogen-bond donors (Lipinski definition) is 1. The highest BCUT2D eigenvalue weighted by atomic mass is 35.5. The van der Waals surface area contributed by atoms with E-state index < -0.39 is 0 Å². The fourth-order valence-corrected chi connectivity index (χ4v) is 3.96. The van der Waals surface area contributed by atoms with Gasteiger partial charge in [-0.3, -0.25) is 4.99 Å². The molecule has 31 heavy (non-hydrogen) atoms. The summed E-state index contributed by atoms with van der Waals surface area (Å²) < 4.78 is 14.5. The van der Waals surface area contributed by atoms with E-state index in [9.17, 15) is 4.39 Å². The van der Waals surface area contributed by atoms with Gasteiger partial charge in [0, 0.05) is 17.3 Å². The smallest absolute Gasteiger partial charge is 0.220 e.